The van der Waals surface area contributed by atoms with E-state index in [1.54, 1.807) is 0 Å². The van der Waals surface area contributed by atoms with Gasteiger partial charge in [-0.05, 0) is 16.7 Å². The molecule has 0 bridgehead atoms. The standard InChI is InChI=1S/C27H27NO6/c29-25-23(32-17-20-10-4-1-5-11-20)16-28(27(31)34-19-22-14-8-3-9-15-22)24(25)26(30)33-18-21-12-6-2-7-13-21/h1-15,23-25,29H,16-19H2/t23-,24-,25+/m0/s1. The minimum Gasteiger partial charge on any atom is -0.459 e. The Morgan fingerprint density at radius 2 is 1.21 bits per heavy atom. The first kappa shape index (κ1) is 23.5. The van der Waals surface area contributed by atoms with Gasteiger partial charge < -0.3 is 19.3 Å². The molecule has 1 saturated heterocycles. The summed E-state index contributed by atoms with van der Waals surface area (Å²) >= 11 is 0. The van der Waals surface area contributed by atoms with Crippen molar-refractivity contribution < 1.29 is 28.9 Å². The zero-order chi connectivity index (χ0) is 23.8. The topological polar surface area (TPSA) is 85.3 Å². The number of carbonyl (C=O) groups is 2. The third-order valence-electron chi connectivity index (χ3n) is 5.63. The number of esters is 1. The summed E-state index contributed by atoms with van der Waals surface area (Å²) in [5.41, 5.74) is 2.54. The number of nitrogens with zero attached hydrogens (tertiary/aromatic N) is 1. The summed E-state index contributed by atoms with van der Waals surface area (Å²) in [4.78, 5) is 27.0. The molecule has 34 heavy (non-hydrogen) atoms. The predicted molar refractivity (Wildman–Crippen MR) is 124 cm³/mol. The van der Waals surface area contributed by atoms with E-state index >= 15 is 0 Å². The number of hydrogen-bond donors (Lipinski definition) is 1. The van der Waals surface area contributed by atoms with E-state index < -0.39 is 30.3 Å². The van der Waals surface area contributed by atoms with Gasteiger partial charge in [0, 0.05) is 0 Å². The Labute approximate surface area is 198 Å². The fourth-order valence-corrected chi connectivity index (χ4v) is 3.80. The van der Waals surface area contributed by atoms with Crippen LogP contribution in [0.25, 0.3) is 0 Å². The van der Waals surface area contributed by atoms with Crippen molar-refractivity contribution in [3.63, 3.8) is 0 Å². The highest BCUT2D eigenvalue weighted by Crippen LogP contribution is 2.25. The molecular weight excluding hydrogens is 434 g/mol. The molecule has 1 heterocycles. The van der Waals surface area contributed by atoms with Gasteiger partial charge >= 0.3 is 12.1 Å². The summed E-state index contributed by atoms with van der Waals surface area (Å²) < 4.78 is 16.7. The molecule has 4 rings (SSSR count). The minimum absolute atomic E-state index is 0.00667. The number of rotatable bonds is 8. The third kappa shape index (κ3) is 6.01. The summed E-state index contributed by atoms with van der Waals surface area (Å²) in [5, 5.41) is 10.9. The summed E-state index contributed by atoms with van der Waals surface area (Å²) in [6.45, 7) is 0.326. The van der Waals surface area contributed by atoms with Crippen molar-refractivity contribution in [1.82, 2.24) is 4.90 Å². The monoisotopic (exact) mass is 461 g/mol. The van der Waals surface area contributed by atoms with Crippen molar-refractivity contribution in [3.05, 3.63) is 108 Å². The number of likely N-dealkylation sites (tertiary alicyclic amines) is 1. The maximum atomic E-state index is 13.0. The van der Waals surface area contributed by atoms with Crippen molar-refractivity contribution in [2.45, 2.75) is 38.1 Å². The van der Waals surface area contributed by atoms with Crippen LogP contribution in [0.2, 0.25) is 0 Å². The fourth-order valence-electron chi connectivity index (χ4n) is 3.80. The molecule has 0 saturated carbocycles. The number of ether oxygens (including phenoxy) is 3. The van der Waals surface area contributed by atoms with Crippen molar-refractivity contribution in [3.8, 4) is 0 Å². The lowest BCUT2D eigenvalue weighted by molar-refractivity contribution is -0.153. The highest BCUT2D eigenvalue weighted by Gasteiger charge is 2.49. The maximum Gasteiger partial charge on any atom is 0.411 e. The summed E-state index contributed by atoms with van der Waals surface area (Å²) in [6, 6.07) is 26.7. The second kappa shape index (κ2) is 11.4. The Morgan fingerprint density at radius 1 is 0.735 bits per heavy atom. The van der Waals surface area contributed by atoms with Crippen LogP contribution in [0, 0.1) is 0 Å². The van der Waals surface area contributed by atoms with E-state index in [1.165, 1.54) is 4.90 Å². The van der Waals surface area contributed by atoms with Crippen molar-refractivity contribution in [2.24, 2.45) is 0 Å². The molecule has 7 heteroatoms. The molecule has 1 amide bonds. The first-order valence-electron chi connectivity index (χ1n) is 11.1. The van der Waals surface area contributed by atoms with Gasteiger partial charge in [-0.15, -0.1) is 0 Å². The van der Waals surface area contributed by atoms with E-state index in [-0.39, 0.29) is 26.4 Å². The smallest absolute Gasteiger partial charge is 0.411 e. The first-order chi connectivity index (χ1) is 16.6. The van der Waals surface area contributed by atoms with E-state index in [4.69, 9.17) is 14.2 Å². The van der Waals surface area contributed by atoms with Crippen LogP contribution >= 0.6 is 0 Å². The minimum atomic E-state index is -1.25. The third-order valence-corrected chi connectivity index (χ3v) is 5.63. The molecule has 1 N–H and O–H groups in total. The number of aliphatic hydroxyl groups is 1. The Bertz CT molecular complexity index is 1060. The number of benzene rings is 3. The Hall–Kier alpha value is -3.68. The predicted octanol–water partition coefficient (Wildman–Crippen LogP) is 3.70. The van der Waals surface area contributed by atoms with Crippen LogP contribution in [0.3, 0.4) is 0 Å². The molecule has 3 atom stereocenters. The van der Waals surface area contributed by atoms with E-state index in [9.17, 15) is 14.7 Å². The average Bonchev–Trinajstić information content (AvgIpc) is 3.22. The molecule has 1 aliphatic heterocycles. The quantitative estimate of drug-likeness (QED) is 0.515. The SMILES string of the molecule is O=C(OCc1ccccc1)[C@@H]1[C@H](O)[C@@H](OCc2ccccc2)CN1C(=O)OCc1ccccc1. The second-order valence-corrected chi connectivity index (χ2v) is 8.06. The molecule has 0 radical (unpaired) electrons. The Balaban J connectivity index is 1.44. The first-order valence-corrected chi connectivity index (χ1v) is 11.1. The molecule has 0 spiro atoms. The van der Waals surface area contributed by atoms with Gasteiger partial charge in [-0.25, -0.2) is 9.59 Å². The zero-order valence-electron chi connectivity index (χ0n) is 18.7. The normalized spacial score (nSPS) is 19.6. The lowest BCUT2D eigenvalue weighted by Crippen LogP contribution is -2.46. The zero-order valence-corrected chi connectivity index (χ0v) is 18.7. The van der Waals surface area contributed by atoms with Gasteiger partial charge in [0.25, 0.3) is 0 Å². The van der Waals surface area contributed by atoms with Crippen molar-refractivity contribution >= 4 is 12.1 Å². The lowest BCUT2D eigenvalue weighted by atomic mass is 10.1. The number of hydrogen-bond acceptors (Lipinski definition) is 6. The van der Waals surface area contributed by atoms with Gasteiger partial charge in [0.1, 0.15) is 25.4 Å². The summed E-state index contributed by atoms with van der Waals surface area (Å²) in [5.74, 6) is -0.709. The van der Waals surface area contributed by atoms with Crippen LogP contribution < -0.4 is 0 Å². The molecule has 7 nitrogen and oxygen atoms in total. The molecule has 3 aromatic rings. The molecule has 0 aliphatic carbocycles. The van der Waals surface area contributed by atoms with Gasteiger partial charge in [0.15, 0.2) is 6.04 Å². The molecular formula is C27H27NO6. The van der Waals surface area contributed by atoms with Gasteiger partial charge in [-0.3, -0.25) is 4.90 Å². The number of amides is 1. The van der Waals surface area contributed by atoms with Gasteiger partial charge in [0.2, 0.25) is 0 Å². The van der Waals surface area contributed by atoms with Crippen LogP contribution in [-0.4, -0.2) is 46.9 Å². The van der Waals surface area contributed by atoms with Crippen LogP contribution in [0.15, 0.2) is 91.0 Å². The summed E-state index contributed by atoms with van der Waals surface area (Å²) in [7, 11) is 0. The van der Waals surface area contributed by atoms with Gasteiger partial charge in [-0.2, -0.15) is 0 Å². The molecule has 176 valence electrons. The van der Waals surface area contributed by atoms with E-state index in [0.29, 0.717) is 0 Å². The summed E-state index contributed by atoms with van der Waals surface area (Å²) in [6.07, 6.45) is -2.73. The molecule has 3 aromatic carbocycles. The van der Waals surface area contributed by atoms with E-state index in [1.807, 2.05) is 91.0 Å². The molecule has 0 aromatic heterocycles. The number of carbonyl (C=O) groups excluding carboxylic acids is 2. The van der Waals surface area contributed by atoms with Crippen LogP contribution in [0.4, 0.5) is 4.79 Å². The van der Waals surface area contributed by atoms with Crippen LogP contribution in [0.5, 0.6) is 0 Å². The highest BCUT2D eigenvalue weighted by atomic mass is 16.6. The molecule has 1 fully saturated rings. The molecule has 0 unspecified atom stereocenters. The van der Waals surface area contributed by atoms with E-state index in [2.05, 4.69) is 0 Å². The van der Waals surface area contributed by atoms with E-state index in [0.717, 1.165) is 16.7 Å². The maximum absolute atomic E-state index is 13.0. The average molecular weight is 462 g/mol. The molecule has 1 aliphatic rings. The lowest BCUT2D eigenvalue weighted by Gasteiger charge is -2.23. The number of aliphatic hydroxyl groups excluding tert-OH is 1. The Morgan fingerprint density at radius 3 is 1.74 bits per heavy atom. The highest BCUT2D eigenvalue weighted by molar-refractivity contribution is 5.83. The van der Waals surface area contributed by atoms with Crippen LogP contribution in [-0.2, 0) is 38.8 Å². The van der Waals surface area contributed by atoms with Crippen molar-refractivity contribution in [1.29, 1.82) is 0 Å². The van der Waals surface area contributed by atoms with Crippen LogP contribution in [0.1, 0.15) is 16.7 Å². The van der Waals surface area contributed by atoms with Gasteiger partial charge in [0.05, 0.1) is 13.2 Å². The fraction of sp³-hybridized carbons (Fsp3) is 0.259. The van der Waals surface area contributed by atoms with Gasteiger partial charge in [-0.1, -0.05) is 91.0 Å². The largest absolute Gasteiger partial charge is 0.459 e. The Kier molecular flexibility index (Phi) is 7.91. The second-order valence-electron chi connectivity index (χ2n) is 8.06. The van der Waals surface area contributed by atoms with Crippen molar-refractivity contribution in [2.75, 3.05) is 6.54 Å².